The van der Waals surface area contributed by atoms with E-state index in [1.165, 1.54) is 38.5 Å². The van der Waals surface area contributed by atoms with Crippen LogP contribution < -0.4 is 0 Å². The molecule has 0 radical (unpaired) electrons. The van der Waals surface area contributed by atoms with Crippen LogP contribution in [0.2, 0.25) is 0 Å². The van der Waals surface area contributed by atoms with E-state index < -0.39 is 0 Å². The van der Waals surface area contributed by atoms with E-state index in [0.717, 1.165) is 30.6 Å². The summed E-state index contributed by atoms with van der Waals surface area (Å²) in [6.45, 7) is 10.7. The fraction of sp³-hybridized carbons (Fsp3) is 0.917. The van der Waals surface area contributed by atoms with Gasteiger partial charge in [0.25, 0.3) is 0 Å². The molecule has 0 aromatic rings. The lowest BCUT2D eigenvalue weighted by Gasteiger charge is -2.61. The van der Waals surface area contributed by atoms with Crippen molar-refractivity contribution in [3.8, 4) is 0 Å². The first-order chi connectivity index (χ1) is 12.7. The summed E-state index contributed by atoms with van der Waals surface area (Å²) in [7, 11) is 0. The molecule has 4 rings (SSSR count). The molecule has 0 aliphatic heterocycles. The minimum Gasteiger partial charge on any atom is -0.463 e. The normalized spacial score (nSPS) is 51.7. The maximum atomic E-state index is 12.5. The largest absolute Gasteiger partial charge is 0.463 e. The maximum absolute atomic E-state index is 12.5. The van der Waals surface area contributed by atoms with Gasteiger partial charge in [-0.3, -0.25) is 9.59 Å². The average molecular weight is 375 g/mol. The van der Waals surface area contributed by atoms with E-state index in [0.29, 0.717) is 23.0 Å². The van der Waals surface area contributed by atoms with Gasteiger partial charge in [0, 0.05) is 12.8 Å². The molecule has 152 valence electrons. The molecule has 3 nitrogen and oxygen atoms in total. The van der Waals surface area contributed by atoms with Gasteiger partial charge in [0.2, 0.25) is 0 Å². The maximum Gasteiger partial charge on any atom is 0.302 e. The van der Waals surface area contributed by atoms with Crippen LogP contribution >= 0.6 is 0 Å². The second-order valence-electron chi connectivity index (χ2n) is 11.0. The van der Waals surface area contributed by atoms with Gasteiger partial charge < -0.3 is 4.74 Å². The molecule has 9 atom stereocenters. The summed E-state index contributed by atoms with van der Waals surface area (Å²) in [4.78, 5) is 23.9. The van der Waals surface area contributed by atoms with E-state index in [1.807, 2.05) is 6.92 Å². The highest BCUT2D eigenvalue weighted by atomic mass is 16.5. The van der Waals surface area contributed by atoms with Crippen LogP contribution in [0, 0.1) is 46.3 Å². The summed E-state index contributed by atoms with van der Waals surface area (Å²) in [6.07, 6.45) is 9.79. The van der Waals surface area contributed by atoms with Crippen molar-refractivity contribution >= 4 is 11.8 Å². The Morgan fingerprint density at radius 2 is 1.59 bits per heavy atom. The first-order valence-electron chi connectivity index (χ1n) is 11.3. The van der Waals surface area contributed by atoms with Gasteiger partial charge >= 0.3 is 5.97 Å². The van der Waals surface area contributed by atoms with Crippen LogP contribution in [0.3, 0.4) is 0 Å². The van der Waals surface area contributed by atoms with Gasteiger partial charge in [-0.2, -0.15) is 0 Å². The van der Waals surface area contributed by atoms with Crippen LogP contribution in [-0.2, 0) is 14.3 Å². The lowest BCUT2D eigenvalue weighted by atomic mass is 9.44. The molecule has 4 saturated carbocycles. The molecule has 0 unspecified atom stereocenters. The Bertz CT molecular complexity index is 627. The van der Waals surface area contributed by atoms with Crippen molar-refractivity contribution in [1.82, 2.24) is 0 Å². The lowest BCUT2D eigenvalue weighted by Crippen LogP contribution is -2.54. The minimum absolute atomic E-state index is 0.124. The van der Waals surface area contributed by atoms with Crippen molar-refractivity contribution in [3.63, 3.8) is 0 Å². The first-order valence-corrected chi connectivity index (χ1v) is 11.3. The number of fused-ring (bicyclic) bond motifs is 5. The molecule has 0 saturated heterocycles. The van der Waals surface area contributed by atoms with E-state index in [-0.39, 0.29) is 23.4 Å². The Labute approximate surface area is 165 Å². The van der Waals surface area contributed by atoms with Crippen LogP contribution in [0.5, 0.6) is 0 Å². The molecule has 4 fully saturated rings. The zero-order chi connectivity index (χ0) is 19.6. The third kappa shape index (κ3) is 2.90. The summed E-state index contributed by atoms with van der Waals surface area (Å²) in [5.74, 6) is 4.13. The summed E-state index contributed by atoms with van der Waals surface area (Å²) in [5.41, 5.74) is 0.628. The third-order valence-electron chi connectivity index (χ3n) is 9.73. The number of carbonyl (C=O) groups excluding carboxylic acids is 2. The smallest absolute Gasteiger partial charge is 0.302 e. The van der Waals surface area contributed by atoms with E-state index in [9.17, 15) is 9.59 Å². The highest BCUT2D eigenvalue weighted by Crippen LogP contribution is 2.68. The van der Waals surface area contributed by atoms with Gasteiger partial charge in [0.1, 0.15) is 11.9 Å². The van der Waals surface area contributed by atoms with Crippen LogP contribution in [0.15, 0.2) is 0 Å². The minimum atomic E-state index is -0.124. The van der Waals surface area contributed by atoms with Gasteiger partial charge in [0.05, 0.1) is 0 Å². The predicted molar refractivity (Wildman–Crippen MR) is 106 cm³/mol. The van der Waals surface area contributed by atoms with Crippen LogP contribution in [0.4, 0.5) is 0 Å². The molecular formula is C24H38O3. The fourth-order valence-electron chi connectivity index (χ4n) is 8.79. The number of rotatable bonds is 2. The lowest BCUT2D eigenvalue weighted by molar-refractivity contribution is -0.161. The molecule has 0 heterocycles. The molecule has 4 aliphatic carbocycles. The number of esters is 1. The number of carbonyl (C=O) groups is 2. The van der Waals surface area contributed by atoms with Crippen molar-refractivity contribution in [2.24, 2.45) is 46.3 Å². The van der Waals surface area contributed by atoms with Crippen molar-refractivity contribution < 1.29 is 14.3 Å². The van der Waals surface area contributed by atoms with Crippen LogP contribution in [0.25, 0.3) is 0 Å². The number of hydrogen-bond donors (Lipinski definition) is 0. The van der Waals surface area contributed by atoms with Gasteiger partial charge in [-0.05, 0) is 98.7 Å². The van der Waals surface area contributed by atoms with Crippen LogP contribution in [-0.4, -0.2) is 17.9 Å². The van der Waals surface area contributed by atoms with Crippen molar-refractivity contribution in [3.05, 3.63) is 0 Å². The molecule has 0 spiro atoms. The fourth-order valence-corrected chi connectivity index (χ4v) is 8.79. The number of ether oxygens (including phenoxy) is 1. The van der Waals surface area contributed by atoms with Crippen LogP contribution in [0.1, 0.15) is 86.0 Å². The summed E-state index contributed by atoms with van der Waals surface area (Å²) < 4.78 is 5.58. The highest BCUT2D eigenvalue weighted by Gasteiger charge is 2.62. The third-order valence-corrected chi connectivity index (χ3v) is 9.73. The van der Waals surface area contributed by atoms with Crippen molar-refractivity contribution in [2.45, 2.75) is 92.1 Å². The van der Waals surface area contributed by atoms with E-state index in [1.54, 1.807) is 6.92 Å². The molecule has 27 heavy (non-hydrogen) atoms. The summed E-state index contributed by atoms with van der Waals surface area (Å²) in [5, 5.41) is 0. The number of Topliss-reactive ketones (excluding diaryl/α,β-unsaturated/α-hetero) is 1. The molecule has 0 N–H and O–H groups in total. The highest BCUT2D eigenvalue weighted by molar-refractivity contribution is 5.80. The summed E-state index contributed by atoms with van der Waals surface area (Å²) >= 11 is 0. The Balaban J connectivity index is 1.56. The molecule has 0 aromatic heterocycles. The number of ketones is 1. The molecular weight excluding hydrogens is 336 g/mol. The Morgan fingerprint density at radius 3 is 2.26 bits per heavy atom. The second kappa shape index (κ2) is 6.59. The molecule has 4 aliphatic rings. The monoisotopic (exact) mass is 374 g/mol. The Kier molecular flexibility index (Phi) is 4.75. The zero-order valence-corrected chi connectivity index (χ0v) is 17.9. The zero-order valence-electron chi connectivity index (χ0n) is 17.9. The SMILES string of the molecule is CC(=O)O[C@H]1CC[C@@]2(C)[C@@H](CC[C@@H]3[C@@H]2CC[C@@]2(C)[C@H]3C[C@@H](C)[C@@H]2C(C)=O)C1. The predicted octanol–water partition coefficient (Wildman–Crippen LogP) is 5.41. The quantitative estimate of drug-likeness (QED) is 0.607. The van der Waals surface area contributed by atoms with E-state index in [4.69, 9.17) is 4.74 Å². The molecule has 0 aromatic carbocycles. The standard InChI is InChI=1S/C24H38O3/c1-14-12-21-19-7-6-17-13-18(27-16(3)26)8-10-23(17,4)20(19)9-11-24(21,5)22(14)15(2)25/h14,17-22H,6-13H2,1-5H3/t14-,17+,18+,19-,20+,21+,22-,23+,24+/m1/s1. The average Bonchev–Trinajstić information content (AvgIpc) is 2.85. The van der Waals surface area contributed by atoms with Crippen molar-refractivity contribution in [1.29, 1.82) is 0 Å². The van der Waals surface area contributed by atoms with Gasteiger partial charge in [-0.1, -0.05) is 20.8 Å². The Hall–Kier alpha value is -0.860. The molecule has 0 bridgehead atoms. The second-order valence-corrected chi connectivity index (χ2v) is 11.0. The molecule has 3 heteroatoms. The van der Waals surface area contributed by atoms with Gasteiger partial charge in [-0.15, -0.1) is 0 Å². The topological polar surface area (TPSA) is 43.4 Å². The van der Waals surface area contributed by atoms with Gasteiger partial charge in [0.15, 0.2) is 0 Å². The Morgan fingerprint density at radius 1 is 0.889 bits per heavy atom. The summed E-state index contributed by atoms with van der Waals surface area (Å²) in [6, 6.07) is 0. The van der Waals surface area contributed by atoms with Crippen molar-refractivity contribution in [2.75, 3.05) is 0 Å². The van der Waals surface area contributed by atoms with E-state index >= 15 is 0 Å². The number of hydrogen-bond acceptors (Lipinski definition) is 3. The van der Waals surface area contributed by atoms with E-state index in [2.05, 4.69) is 20.8 Å². The van der Waals surface area contributed by atoms with Gasteiger partial charge in [-0.25, -0.2) is 0 Å². The molecule has 0 amide bonds. The first kappa shape index (κ1) is 19.5.